The molecule has 1 aromatic rings. The molecule has 3 nitrogen and oxygen atoms in total. The minimum Gasteiger partial charge on any atom is -0.357 e. The van der Waals surface area contributed by atoms with E-state index >= 15 is 0 Å². The van der Waals surface area contributed by atoms with E-state index in [-0.39, 0.29) is 0 Å². The van der Waals surface area contributed by atoms with Crippen LogP contribution in [-0.4, -0.2) is 18.1 Å². The van der Waals surface area contributed by atoms with Crippen LogP contribution < -0.4 is 10.6 Å². The molecule has 0 bridgehead atoms. The third kappa shape index (κ3) is 2.29. The minimum atomic E-state index is 0.607. The summed E-state index contributed by atoms with van der Waals surface area (Å²) in [5.41, 5.74) is 8.05. The van der Waals surface area contributed by atoms with E-state index < -0.39 is 0 Å². The van der Waals surface area contributed by atoms with Gasteiger partial charge in [-0.15, -0.1) is 0 Å². The van der Waals surface area contributed by atoms with Crippen molar-refractivity contribution in [2.24, 2.45) is 5.73 Å². The Balaban J connectivity index is 2.28. The van der Waals surface area contributed by atoms with E-state index in [2.05, 4.69) is 28.9 Å². The Labute approximate surface area is 91.3 Å². The summed E-state index contributed by atoms with van der Waals surface area (Å²) in [5, 5.41) is 0. The summed E-state index contributed by atoms with van der Waals surface area (Å²) < 4.78 is 0. The molecule has 15 heavy (non-hydrogen) atoms. The van der Waals surface area contributed by atoms with Crippen molar-refractivity contribution in [1.82, 2.24) is 4.98 Å². The van der Waals surface area contributed by atoms with Gasteiger partial charge in [0, 0.05) is 25.3 Å². The Morgan fingerprint density at radius 2 is 2.07 bits per heavy atom. The smallest absolute Gasteiger partial charge is 0.129 e. The summed E-state index contributed by atoms with van der Waals surface area (Å²) >= 11 is 0. The van der Waals surface area contributed by atoms with E-state index in [0.717, 1.165) is 31.0 Å². The van der Waals surface area contributed by atoms with Gasteiger partial charge < -0.3 is 10.6 Å². The van der Waals surface area contributed by atoms with Gasteiger partial charge in [-0.05, 0) is 37.0 Å². The number of nitrogens with two attached hydrogens (primary N) is 1. The van der Waals surface area contributed by atoms with Gasteiger partial charge in [0.05, 0.1) is 0 Å². The van der Waals surface area contributed by atoms with Crippen LogP contribution in [0.2, 0.25) is 0 Å². The number of aromatic nitrogens is 1. The van der Waals surface area contributed by atoms with Crippen LogP contribution in [-0.2, 0) is 13.0 Å². The second-order valence-electron chi connectivity index (χ2n) is 4.08. The number of hydrogen-bond acceptors (Lipinski definition) is 3. The summed E-state index contributed by atoms with van der Waals surface area (Å²) in [5.74, 6) is 1.12. The second kappa shape index (κ2) is 4.62. The van der Waals surface area contributed by atoms with Crippen molar-refractivity contribution < 1.29 is 0 Å². The Bertz CT molecular complexity index is 307. The molecular weight excluding hydrogens is 186 g/mol. The van der Waals surface area contributed by atoms with Gasteiger partial charge in [-0.3, -0.25) is 0 Å². The zero-order valence-corrected chi connectivity index (χ0v) is 9.37. The van der Waals surface area contributed by atoms with Gasteiger partial charge in [0.15, 0.2) is 0 Å². The van der Waals surface area contributed by atoms with Crippen molar-refractivity contribution in [2.75, 3.05) is 18.0 Å². The Morgan fingerprint density at radius 3 is 2.67 bits per heavy atom. The first kappa shape index (κ1) is 10.4. The van der Waals surface area contributed by atoms with Crippen LogP contribution in [0, 0.1) is 0 Å². The summed E-state index contributed by atoms with van der Waals surface area (Å²) in [6.45, 7) is 5.03. The van der Waals surface area contributed by atoms with Gasteiger partial charge in [0.25, 0.3) is 0 Å². The van der Waals surface area contributed by atoms with Crippen molar-refractivity contribution in [3.8, 4) is 0 Å². The highest BCUT2D eigenvalue weighted by Crippen LogP contribution is 2.20. The van der Waals surface area contributed by atoms with E-state index in [1.807, 2.05) is 0 Å². The number of rotatable bonds is 3. The highest BCUT2D eigenvalue weighted by Gasteiger charge is 2.14. The molecule has 0 radical (unpaired) electrons. The molecule has 2 heterocycles. The summed E-state index contributed by atoms with van der Waals surface area (Å²) in [7, 11) is 0. The molecule has 2 N–H and O–H groups in total. The van der Waals surface area contributed by atoms with Gasteiger partial charge >= 0.3 is 0 Å². The minimum absolute atomic E-state index is 0.607. The van der Waals surface area contributed by atoms with Crippen LogP contribution in [0.25, 0.3) is 0 Å². The fraction of sp³-hybridized carbons (Fsp3) is 0.583. The van der Waals surface area contributed by atoms with Crippen molar-refractivity contribution >= 4 is 5.82 Å². The lowest BCUT2D eigenvalue weighted by Crippen LogP contribution is -2.20. The third-order valence-electron chi connectivity index (χ3n) is 2.95. The molecule has 0 unspecified atom stereocenters. The Hall–Kier alpha value is -1.09. The van der Waals surface area contributed by atoms with E-state index in [1.54, 1.807) is 0 Å². The highest BCUT2D eigenvalue weighted by molar-refractivity contribution is 5.43. The molecular formula is C12H19N3. The molecule has 2 rings (SSSR count). The quantitative estimate of drug-likeness (QED) is 0.816. The van der Waals surface area contributed by atoms with Gasteiger partial charge in [-0.25, -0.2) is 4.98 Å². The maximum Gasteiger partial charge on any atom is 0.129 e. The third-order valence-corrected chi connectivity index (χ3v) is 2.95. The lowest BCUT2D eigenvalue weighted by Gasteiger charge is -2.18. The molecule has 1 aromatic heterocycles. The largest absolute Gasteiger partial charge is 0.357 e. The number of aryl methyl sites for hydroxylation is 1. The molecule has 1 saturated heterocycles. The molecule has 3 heteroatoms. The van der Waals surface area contributed by atoms with Crippen LogP contribution in [0.5, 0.6) is 0 Å². The molecule has 0 saturated carbocycles. The summed E-state index contributed by atoms with van der Waals surface area (Å²) in [6.07, 6.45) is 3.56. The first-order valence-electron chi connectivity index (χ1n) is 5.78. The lowest BCUT2D eigenvalue weighted by molar-refractivity contribution is 0.901. The van der Waals surface area contributed by atoms with Crippen LogP contribution in [0.1, 0.15) is 31.0 Å². The molecule has 0 atom stereocenters. The molecule has 1 aliphatic heterocycles. The van der Waals surface area contributed by atoms with E-state index in [4.69, 9.17) is 5.73 Å². The SMILES string of the molecule is CCc1cc(CN)cc(N2CCCC2)n1. The summed E-state index contributed by atoms with van der Waals surface area (Å²) in [4.78, 5) is 7.01. The average Bonchev–Trinajstić information content (AvgIpc) is 2.81. The maximum atomic E-state index is 5.69. The molecule has 1 fully saturated rings. The number of hydrogen-bond donors (Lipinski definition) is 1. The molecule has 0 spiro atoms. The maximum absolute atomic E-state index is 5.69. The zero-order chi connectivity index (χ0) is 10.7. The Morgan fingerprint density at radius 1 is 1.33 bits per heavy atom. The average molecular weight is 205 g/mol. The predicted octanol–water partition coefficient (Wildman–Crippen LogP) is 1.70. The number of pyridine rings is 1. The normalized spacial score (nSPS) is 16.0. The second-order valence-corrected chi connectivity index (χ2v) is 4.08. The van der Waals surface area contributed by atoms with Crippen LogP contribution >= 0.6 is 0 Å². The van der Waals surface area contributed by atoms with Gasteiger partial charge in [0.2, 0.25) is 0 Å². The van der Waals surface area contributed by atoms with Crippen molar-refractivity contribution in [3.63, 3.8) is 0 Å². The van der Waals surface area contributed by atoms with Gasteiger partial charge in [-0.2, -0.15) is 0 Å². The first-order valence-corrected chi connectivity index (χ1v) is 5.78. The van der Waals surface area contributed by atoms with Crippen LogP contribution in [0.15, 0.2) is 12.1 Å². The number of nitrogens with zero attached hydrogens (tertiary/aromatic N) is 2. The van der Waals surface area contributed by atoms with E-state index in [0.29, 0.717) is 6.54 Å². The zero-order valence-electron chi connectivity index (χ0n) is 9.37. The molecule has 1 aliphatic rings. The topological polar surface area (TPSA) is 42.1 Å². The van der Waals surface area contributed by atoms with Crippen molar-refractivity contribution in [2.45, 2.75) is 32.7 Å². The van der Waals surface area contributed by atoms with Crippen LogP contribution in [0.3, 0.4) is 0 Å². The molecule has 0 amide bonds. The number of anilines is 1. The predicted molar refractivity (Wildman–Crippen MR) is 63.0 cm³/mol. The van der Waals surface area contributed by atoms with Crippen molar-refractivity contribution in [3.05, 3.63) is 23.4 Å². The highest BCUT2D eigenvalue weighted by atomic mass is 15.2. The van der Waals surface area contributed by atoms with Crippen LogP contribution in [0.4, 0.5) is 5.82 Å². The molecule has 0 aromatic carbocycles. The van der Waals surface area contributed by atoms with Crippen molar-refractivity contribution in [1.29, 1.82) is 0 Å². The van der Waals surface area contributed by atoms with E-state index in [1.165, 1.54) is 18.4 Å². The van der Waals surface area contributed by atoms with E-state index in [9.17, 15) is 0 Å². The Kier molecular flexibility index (Phi) is 3.21. The first-order chi connectivity index (χ1) is 7.33. The van der Waals surface area contributed by atoms with Gasteiger partial charge in [-0.1, -0.05) is 6.92 Å². The molecule has 82 valence electrons. The summed E-state index contributed by atoms with van der Waals surface area (Å²) in [6, 6.07) is 4.24. The fourth-order valence-electron chi connectivity index (χ4n) is 2.04. The molecule has 0 aliphatic carbocycles. The lowest BCUT2D eigenvalue weighted by atomic mass is 10.2. The van der Waals surface area contributed by atoms with Gasteiger partial charge in [0.1, 0.15) is 5.82 Å². The fourth-order valence-corrected chi connectivity index (χ4v) is 2.04. The standard InChI is InChI=1S/C12H19N3/c1-2-11-7-10(9-13)8-12(14-11)15-5-3-4-6-15/h7-8H,2-6,9,13H2,1H3. The monoisotopic (exact) mass is 205 g/mol.